The monoisotopic (exact) mass is 145 g/mol. The molecule has 0 aliphatic heterocycles. The average molecular weight is 145 g/mol. The largest absolute Gasteiger partial charge is 0.291 e. The van der Waals surface area contributed by atoms with Crippen LogP contribution >= 0.6 is 0 Å². The zero-order valence-corrected chi connectivity index (χ0v) is 5.05. The molecule has 6 N–H and O–H groups in total. The zero-order valence-electron chi connectivity index (χ0n) is 6.05. The van der Waals surface area contributed by atoms with Crippen molar-refractivity contribution in [1.29, 1.82) is 0 Å². The van der Waals surface area contributed by atoms with Crippen molar-refractivity contribution in [2.75, 3.05) is 0 Å². The Hall–Kier alpha value is -1.40. The molecule has 6 nitrogen and oxygen atoms in total. The third-order valence-electron chi connectivity index (χ3n) is 0.608. The third kappa shape index (κ3) is 3.58. The summed E-state index contributed by atoms with van der Waals surface area (Å²) in [5.41, 5.74) is 3.40. The molecule has 0 fully saturated rings. The van der Waals surface area contributed by atoms with Crippen LogP contribution in [0.4, 0.5) is 0 Å². The minimum atomic E-state index is -0.853. The van der Waals surface area contributed by atoms with Gasteiger partial charge in [0.2, 0.25) is 0 Å². The van der Waals surface area contributed by atoms with Gasteiger partial charge in [0.15, 0.2) is 0 Å². The molecule has 0 atom stereocenters. The van der Waals surface area contributed by atoms with Crippen molar-refractivity contribution < 1.29 is 11.0 Å². The SMILES string of the molecule is [2H]/C(=C/C(=O)NN)C(=O)NN. The Morgan fingerprint density at radius 1 is 1.30 bits per heavy atom. The highest BCUT2D eigenvalue weighted by atomic mass is 16.2. The average Bonchev–Trinajstić information content (AvgIpc) is 2.02. The minimum Gasteiger partial charge on any atom is -0.291 e. The molecule has 2 amide bonds. The summed E-state index contributed by atoms with van der Waals surface area (Å²) in [5.74, 6) is 7.75. The fourth-order valence-electron chi connectivity index (χ4n) is 0.214. The molecule has 0 aliphatic carbocycles. The molecule has 10 heavy (non-hydrogen) atoms. The quantitative estimate of drug-likeness (QED) is 0.149. The number of rotatable bonds is 2. The highest BCUT2D eigenvalue weighted by Gasteiger charge is 1.91. The Balaban J connectivity index is 4.21. The number of carbonyl (C=O) groups excluding carboxylic acids is 2. The van der Waals surface area contributed by atoms with Gasteiger partial charge in [-0.15, -0.1) is 0 Å². The second-order valence-electron chi connectivity index (χ2n) is 1.27. The van der Waals surface area contributed by atoms with Crippen molar-refractivity contribution in [2.45, 2.75) is 0 Å². The van der Waals surface area contributed by atoms with Gasteiger partial charge in [-0.05, 0) is 0 Å². The standard InChI is InChI=1S/C4H8N4O2/c5-7-3(9)1-2-4(10)8-6/h1-2H,5-6H2,(H,7,9)(H,8,10)/b2-1-/i1D. The maximum Gasteiger partial charge on any atom is 0.258 e. The van der Waals surface area contributed by atoms with Crippen LogP contribution in [0, 0.1) is 0 Å². The molecule has 0 aromatic rings. The summed E-state index contributed by atoms with van der Waals surface area (Å²) < 4.78 is 6.86. The van der Waals surface area contributed by atoms with Crippen molar-refractivity contribution in [2.24, 2.45) is 11.7 Å². The van der Waals surface area contributed by atoms with Crippen molar-refractivity contribution >= 4 is 11.8 Å². The van der Waals surface area contributed by atoms with E-state index in [0.29, 0.717) is 6.08 Å². The first-order chi connectivity index (χ1) is 5.11. The summed E-state index contributed by atoms with van der Waals surface area (Å²) in [6.45, 7) is 0. The second kappa shape index (κ2) is 4.48. The molecule has 0 aromatic carbocycles. The van der Waals surface area contributed by atoms with Crippen LogP contribution in [0.1, 0.15) is 1.37 Å². The van der Waals surface area contributed by atoms with Crippen molar-refractivity contribution in [1.82, 2.24) is 10.9 Å². The molecule has 0 saturated carbocycles. The molecule has 0 unspecified atom stereocenters. The fraction of sp³-hybridized carbons (Fsp3) is 0. The molecule has 0 aromatic heterocycles. The maximum absolute atomic E-state index is 10.5. The molecule has 0 aliphatic rings. The Labute approximate surface area is 58.6 Å². The molecular formula is C4H8N4O2. The number of nitrogens with one attached hydrogen (secondary N) is 2. The first-order valence-corrected chi connectivity index (χ1v) is 2.31. The predicted octanol–water partition coefficient (Wildman–Crippen LogP) is -2.48. The van der Waals surface area contributed by atoms with E-state index in [0.717, 1.165) is 0 Å². The molecule has 0 heterocycles. The Morgan fingerprint density at radius 2 is 1.80 bits per heavy atom. The van der Waals surface area contributed by atoms with E-state index in [4.69, 9.17) is 1.37 Å². The topological polar surface area (TPSA) is 110 Å². The lowest BCUT2D eigenvalue weighted by atomic mass is 10.4. The van der Waals surface area contributed by atoms with Gasteiger partial charge in [-0.2, -0.15) is 0 Å². The summed E-state index contributed by atoms with van der Waals surface area (Å²) in [7, 11) is 0. The number of hydrazine groups is 2. The van der Waals surface area contributed by atoms with Crippen LogP contribution < -0.4 is 22.5 Å². The Morgan fingerprint density at radius 3 is 2.20 bits per heavy atom. The van der Waals surface area contributed by atoms with Gasteiger partial charge in [-0.1, -0.05) is 0 Å². The maximum atomic E-state index is 10.5. The third-order valence-corrected chi connectivity index (χ3v) is 0.608. The van der Waals surface area contributed by atoms with E-state index < -0.39 is 17.9 Å². The van der Waals surface area contributed by atoms with Gasteiger partial charge in [0.25, 0.3) is 11.8 Å². The predicted molar refractivity (Wildman–Crippen MR) is 33.8 cm³/mol. The summed E-state index contributed by atoms with van der Waals surface area (Å²) in [4.78, 5) is 20.8. The second-order valence-corrected chi connectivity index (χ2v) is 1.27. The summed E-state index contributed by atoms with van der Waals surface area (Å²) in [5, 5.41) is 0. The Kier molecular flexibility index (Phi) is 3.01. The van der Waals surface area contributed by atoms with Gasteiger partial charge < -0.3 is 0 Å². The molecule has 56 valence electrons. The first-order valence-electron chi connectivity index (χ1n) is 2.81. The van der Waals surface area contributed by atoms with Gasteiger partial charge in [0, 0.05) is 12.1 Å². The van der Waals surface area contributed by atoms with Crippen LogP contribution in [-0.2, 0) is 9.59 Å². The smallest absolute Gasteiger partial charge is 0.258 e. The lowest BCUT2D eigenvalue weighted by Gasteiger charge is -1.89. The molecule has 6 heteroatoms. The molecular weight excluding hydrogens is 136 g/mol. The van der Waals surface area contributed by atoms with Gasteiger partial charge in [0.05, 0.1) is 1.37 Å². The number of hydrogen-bond donors (Lipinski definition) is 4. The zero-order chi connectivity index (χ0) is 8.85. The molecule has 0 saturated heterocycles. The fourth-order valence-corrected chi connectivity index (χ4v) is 0.214. The lowest BCUT2D eigenvalue weighted by molar-refractivity contribution is -0.118. The normalized spacial score (nSPS) is 11.8. The van der Waals surface area contributed by atoms with E-state index in [9.17, 15) is 9.59 Å². The minimum absolute atomic E-state index is 0.560. The van der Waals surface area contributed by atoms with Crippen molar-refractivity contribution in [3.63, 3.8) is 0 Å². The molecule has 0 radical (unpaired) electrons. The van der Waals surface area contributed by atoms with E-state index in [2.05, 4.69) is 11.7 Å². The van der Waals surface area contributed by atoms with Crippen LogP contribution in [-0.4, -0.2) is 11.8 Å². The van der Waals surface area contributed by atoms with Crippen LogP contribution in [0.15, 0.2) is 12.1 Å². The van der Waals surface area contributed by atoms with E-state index in [1.807, 2.05) is 0 Å². The van der Waals surface area contributed by atoms with Crippen LogP contribution in [0.3, 0.4) is 0 Å². The number of hydrogen-bond acceptors (Lipinski definition) is 4. The summed E-state index contributed by atoms with van der Waals surface area (Å²) >= 11 is 0. The van der Waals surface area contributed by atoms with Gasteiger partial charge in [-0.3, -0.25) is 20.4 Å². The number of amides is 2. The highest BCUT2D eigenvalue weighted by molar-refractivity contribution is 5.96. The highest BCUT2D eigenvalue weighted by Crippen LogP contribution is 1.70. The first kappa shape index (κ1) is 6.72. The van der Waals surface area contributed by atoms with Crippen LogP contribution in [0.5, 0.6) is 0 Å². The molecule has 0 spiro atoms. The van der Waals surface area contributed by atoms with Gasteiger partial charge >= 0.3 is 0 Å². The molecule has 0 rings (SSSR count). The van der Waals surface area contributed by atoms with Crippen molar-refractivity contribution in [3.05, 3.63) is 12.1 Å². The van der Waals surface area contributed by atoms with Crippen molar-refractivity contribution in [3.8, 4) is 0 Å². The van der Waals surface area contributed by atoms with E-state index in [1.165, 1.54) is 0 Å². The van der Waals surface area contributed by atoms with Crippen LogP contribution in [0.25, 0.3) is 0 Å². The molecule has 0 bridgehead atoms. The lowest BCUT2D eigenvalue weighted by Crippen LogP contribution is -2.30. The van der Waals surface area contributed by atoms with Gasteiger partial charge in [-0.25, -0.2) is 11.7 Å². The Bertz CT molecular complexity index is 202. The number of nitrogens with two attached hydrogens (primary N) is 2. The summed E-state index contributed by atoms with van der Waals surface area (Å²) in [6, 6.07) is -0.560. The summed E-state index contributed by atoms with van der Waals surface area (Å²) in [6.07, 6.45) is 0.711. The van der Waals surface area contributed by atoms with E-state index in [-0.39, 0.29) is 0 Å². The van der Waals surface area contributed by atoms with E-state index in [1.54, 1.807) is 10.9 Å². The number of carbonyl (C=O) groups is 2. The van der Waals surface area contributed by atoms with Crippen LogP contribution in [0.2, 0.25) is 0 Å². The van der Waals surface area contributed by atoms with E-state index >= 15 is 0 Å². The van der Waals surface area contributed by atoms with Gasteiger partial charge in [0.1, 0.15) is 0 Å².